The summed E-state index contributed by atoms with van der Waals surface area (Å²) in [6, 6.07) is 8.02. The Bertz CT molecular complexity index is 627. The molecule has 6 heteroatoms. The standard InChI is InChI=1S/C21H33ClN4O/c1-16-3-4-18(13-19(16)22)25-7-5-17(6-8-25)23-20-14-27-15-21(20)26-11-9-24(2)10-12-26/h3-4,13,17,20-21,23H,5-12,14-15H2,1-2H3/t20-,21-/m0/s1. The Labute approximate surface area is 168 Å². The number of nitrogens with zero attached hydrogens (tertiary/aromatic N) is 3. The molecule has 0 aliphatic carbocycles. The van der Waals surface area contributed by atoms with Crippen molar-refractivity contribution in [3.63, 3.8) is 0 Å². The Balaban J connectivity index is 1.29. The third kappa shape index (κ3) is 4.60. The number of nitrogens with one attached hydrogen (secondary N) is 1. The first kappa shape index (κ1) is 19.5. The topological polar surface area (TPSA) is 31.0 Å². The fourth-order valence-electron chi connectivity index (χ4n) is 4.60. The summed E-state index contributed by atoms with van der Waals surface area (Å²) in [5, 5.41) is 4.80. The molecule has 2 atom stereocenters. The average Bonchev–Trinajstić information content (AvgIpc) is 3.13. The second-order valence-corrected chi connectivity index (χ2v) is 8.82. The van der Waals surface area contributed by atoms with Gasteiger partial charge in [0.1, 0.15) is 0 Å². The molecule has 3 saturated heterocycles. The van der Waals surface area contributed by atoms with Crippen LogP contribution in [-0.2, 0) is 4.74 Å². The Morgan fingerprint density at radius 1 is 1.04 bits per heavy atom. The number of piperazine rings is 1. The van der Waals surface area contributed by atoms with Crippen molar-refractivity contribution >= 4 is 17.3 Å². The number of piperidine rings is 1. The van der Waals surface area contributed by atoms with Gasteiger partial charge in [-0.3, -0.25) is 4.90 Å². The average molecular weight is 393 g/mol. The Morgan fingerprint density at radius 2 is 1.78 bits per heavy atom. The zero-order chi connectivity index (χ0) is 18.8. The van der Waals surface area contributed by atoms with E-state index in [1.54, 1.807) is 0 Å². The van der Waals surface area contributed by atoms with Crippen LogP contribution in [0.3, 0.4) is 0 Å². The van der Waals surface area contributed by atoms with Crippen LogP contribution in [0, 0.1) is 6.92 Å². The predicted molar refractivity (Wildman–Crippen MR) is 112 cm³/mol. The lowest BCUT2D eigenvalue weighted by molar-refractivity contribution is 0.0900. The van der Waals surface area contributed by atoms with Crippen LogP contribution in [0.1, 0.15) is 18.4 Å². The molecule has 1 N–H and O–H groups in total. The van der Waals surface area contributed by atoms with Gasteiger partial charge in [-0.15, -0.1) is 0 Å². The molecule has 3 aliphatic rings. The molecule has 3 fully saturated rings. The van der Waals surface area contributed by atoms with E-state index in [0.717, 1.165) is 50.0 Å². The van der Waals surface area contributed by atoms with E-state index >= 15 is 0 Å². The molecule has 0 saturated carbocycles. The van der Waals surface area contributed by atoms with Crippen molar-refractivity contribution in [1.82, 2.24) is 15.1 Å². The highest BCUT2D eigenvalue weighted by Gasteiger charge is 2.35. The van der Waals surface area contributed by atoms with Crippen molar-refractivity contribution in [2.24, 2.45) is 0 Å². The highest BCUT2D eigenvalue weighted by molar-refractivity contribution is 6.31. The van der Waals surface area contributed by atoms with Crippen molar-refractivity contribution in [1.29, 1.82) is 0 Å². The summed E-state index contributed by atoms with van der Waals surface area (Å²) in [6.45, 7) is 10.6. The van der Waals surface area contributed by atoms with Crippen LogP contribution in [0.15, 0.2) is 18.2 Å². The van der Waals surface area contributed by atoms with Gasteiger partial charge >= 0.3 is 0 Å². The Morgan fingerprint density at radius 3 is 2.48 bits per heavy atom. The van der Waals surface area contributed by atoms with Gasteiger partial charge in [-0.05, 0) is 44.5 Å². The molecule has 4 rings (SSSR count). The van der Waals surface area contributed by atoms with Crippen LogP contribution in [0.4, 0.5) is 5.69 Å². The molecule has 0 spiro atoms. The number of hydrogen-bond donors (Lipinski definition) is 1. The van der Waals surface area contributed by atoms with Gasteiger partial charge in [-0.2, -0.15) is 0 Å². The van der Waals surface area contributed by atoms with E-state index in [1.165, 1.54) is 31.6 Å². The molecule has 5 nitrogen and oxygen atoms in total. The number of rotatable bonds is 4. The SMILES string of the molecule is Cc1ccc(N2CCC(N[C@H]3COC[C@@H]3N3CCN(C)CC3)CC2)cc1Cl. The predicted octanol–water partition coefficient (Wildman–Crippen LogP) is 2.22. The minimum Gasteiger partial charge on any atom is -0.378 e. The molecule has 0 radical (unpaired) electrons. The summed E-state index contributed by atoms with van der Waals surface area (Å²) in [5.41, 5.74) is 2.40. The van der Waals surface area contributed by atoms with E-state index < -0.39 is 0 Å². The molecular formula is C21H33ClN4O. The van der Waals surface area contributed by atoms with E-state index in [2.05, 4.69) is 52.2 Å². The zero-order valence-electron chi connectivity index (χ0n) is 16.7. The number of aryl methyl sites for hydroxylation is 1. The Hall–Kier alpha value is -0.850. The molecule has 0 bridgehead atoms. The van der Waals surface area contributed by atoms with Gasteiger partial charge in [-0.1, -0.05) is 17.7 Å². The third-order valence-corrected chi connectivity index (χ3v) is 6.93. The van der Waals surface area contributed by atoms with Crippen LogP contribution < -0.4 is 10.2 Å². The molecule has 3 aliphatic heterocycles. The maximum atomic E-state index is 6.31. The summed E-state index contributed by atoms with van der Waals surface area (Å²) in [6.07, 6.45) is 2.36. The summed E-state index contributed by atoms with van der Waals surface area (Å²) in [4.78, 5) is 7.52. The first-order chi connectivity index (χ1) is 13.1. The van der Waals surface area contributed by atoms with Gasteiger partial charge in [0.15, 0.2) is 0 Å². The fourth-order valence-corrected chi connectivity index (χ4v) is 4.78. The second-order valence-electron chi connectivity index (χ2n) is 8.41. The van der Waals surface area contributed by atoms with Gasteiger partial charge in [-0.25, -0.2) is 0 Å². The van der Waals surface area contributed by atoms with E-state index in [0.29, 0.717) is 18.1 Å². The number of ether oxygens (including phenoxy) is 1. The van der Waals surface area contributed by atoms with E-state index in [9.17, 15) is 0 Å². The van der Waals surface area contributed by atoms with Crippen molar-refractivity contribution in [2.75, 3.05) is 64.4 Å². The van der Waals surface area contributed by atoms with Crippen LogP contribution in [0.2, 0.25) is 5.02 Å². The number of anilines is 1. The lowest BCUT2D eigenvalue weighted by atomic mass is 10.0. The van der Waals surface area contributed by atoms with Crippen LogP contribution in [0.25, 0.3) is 0 Å². The van der Waals surface area contributed by atoms with Crippen molar-refractivity contribution in [2.45, 2.75) is 37.9 Å². The number of likely N-dealkylation sites (N-methyl/N-ethyl adjacent to an activating group) is 1. The molecular weight excluding hydrogens is 360 g/mol. The molecule has 150 valence electrons. The number of halogens is 1. The summed E-state index contributed by atoms with van der Waals surface area (Å²) in [5.74, 6) is 0. The first-order valence-electron chi connectivity index (χ1n) is 10.4. The van der Waals surface area contributed by atoms with Crippen LogP contribution >= 0.6 is 11.6 Å². The lowest BCUT2D eigenvalue weighted by Crippen LogP contribution is -2.58. The summed E-state index contributed by atoms with van der Waals surface area (Å²) in [7, 11) is 2.22. The molecule has 3 heterocycles. The maximum Gasteiger partial charge on any atom is 0.0638 e. The molecule has 27 heavy (non-hydrogen) atoms. The van der Waals surface area contributed by atoms with Gasteiger partial charge in [0.25, 0.3) is 0 Å². The smallest absolute Gasteiger partial charge is 0.0638 e. The minimum absolute atomic E-state index is 0.471. The van der Waals surface area contributed by atoms with Crippen LogP contribution in [0.5, 0.6) is 0 Å². The number of hydrogen-bond acceptors (Lipinski definition) is 5. The highest BCUT2D eigenvalue weighted by atomic mass is 35.5. The normalized spacial score (nSPS) is 28.8. The fraction of sp³-hybridized carbons (Fsp3) is 0.714. The highest BCUT2D eigenvalue weighted by Crippen LogP contribution is 2.26. The molecule has 1 aromatic carbocycles. The quantitative estimate of drug-likeness (QED) is 0.849. The van der Waals surface area contributed by atoms with Crippen LogP contribution in [-0.4, -0.2) is 87.5 Å². The van der Waals surface area contributed by atoms with Gasteiger partial charge in [0, 0.05) is 62.1 Å². The van der Waals surface area contributed by atoms with E-state index in [-0.39, 0.29) is 0 Å². The first-order valence-corrected chi connectivity index (χ1v) is 10.8. The zero-order valence-corrected chi connectivity index (χ0v) is 17.4. The monoisotopic (exact) mass is 392 g/mol. The maximum absolute atomic E-state index is 6.31. The van der Waals surface area contributed by atoms with E-state index in [1.807, 2.05) is 0 Å². The Kier molecular flexibility index (Phi) is 6.25. The molecule has 1 aromatic rings. The van der Waals surface area contributed by atoms with Crippen molar-refractivity contribution in [3.8, 4) is 0 Å². The van der Waals surface area contributed by atoms with E-state index in [4.69, 9.17) is 16.3 Å². The molecule has 0 amide bonds. The largest absolute Gasteiger partial charge is 0.378 e. The third-order valence-electron chi connectivity index (χ3n) is 6.52. The molecule has 0 aromatic heterocycles. The van der Waals surface area contributed by atoms with Gasteiger partial charge in [0.05, 0.1) is 19.3 Å². The molecule has 0 unspecified atom stereocenters. The van der Waals surface area contributed by atoms with Crippen molar-refractivity contribution in [3.05, 3.63) is 28.8 Å². The number of benzene rings is 1. The second kappa shape index (κ2) is 8.66. The van der Waals surface area contributed by atoms with Gasteiger partial charge in [0.2, 0.25) is 0 Å². The minimum atomic E-state index is 0.471. The summed E-state index contributed by atoms with van der Waals surface area (Å²) >= 11 is 6.31. The summed E-state index contributed by atoms with van der Waals surface area (Å²) < 4.78 is 5.86. The lowest BCUT2D eigenvalue weighted by Gasteiger charge is -2.40. The van der Waals surface area contributed by atoms with Gasteiger partial charge < -0.3 is 19.9 Å². The van der Waals surface area contributed by atoms with Crippen molar-refractivity contribution < 1.29 is 4.74 Å².